The summed E-state index contributed by atoms with van der Waals surface area (Å²) in [5.41, 5.74) is 1.50. The summed E-state index contributed by atoms with van der Waals surface area (Å²) < 4.78 is 33.6. The maximum atomic E-state index is 12.8. The number of amides is 1. The minimum absolute atomic E-state index is 0.0402. The number of sulfonamides is 1. The number of hydrogen-bond donors (Lipinski definition) is 1. The van der Waals surface area contributed by atoms with Crippen molar-refractivity contribution < 1.29 is 17.7 Å². The highest BCUT2D eigenvalue weighted by atomic mass is 79.9. The molecule has 0 atom stereocenters. The summed E-state index contributed by atoms with van der Waals surface area (Å²) in [5, 5.41) is 7.04. The summed E-state index contributed by atoms with van der Waals surface area (Å²) in [6.45, 7) is 3.18. The van der Waals surface area contributed by atoms with Crippen LogP contribution in [0.25, 0.3) is 11.4 Å². The largest absolute Gasteiger partial charge is 0.338 e. The highest BCUT2D eigenvalue weighted by Crippen LogP contribution is 2.25. The summed E-state index contributed by atoms with van der Waals surface area (Å²) in [4.78, 5) is 19.8. The third kappa shape index (κ3) is 6.28. The molecule has 0 bridgehead atoms. The Bertz CT molecular complexity index is 1310. The molecule has 37 heavy (non-hydrogen) atoms. The Morgan fingerprint density at radius 2 is 1.65 bits per heavy atom. The monoisotopic (exact) mass is 587 g/mol. The lowest BCUT2D eigenvalue weighted by molar-refractivity contribution is -0.121. The van der Waals surface area contributed by atoms with Crippen LogP contribution in [0.2, 0.25) is 0 Å². The molecule has 0 radical (unpaired) electrons. The van der Waals surface area contributed by atoms with Crippen LogP contribution in [0.4, 0.5) is 5.69 Å². The van der Waals surface area contributed by atoms with Crippen LogP contribution in [0, 0.1) is 5.92 Å². The predicted molar refractivity (Wildman–Crippen MR) is 143 cm³/mol. The minimum Gasteiger partial charge on any atom is -0.338 e. The summed E-state index contributed by atoms with van der Waals surface area (Å²) in [6, 6.07) is 14.2. The molecule has 2 saturated heterocycles. The van der Waals surface area contributed by atoms with Crippen molar-refractivity contribution in [2.75, 3.05) is 31.5 Å². The summed E-state index contributed by atoms with van der Waals surface area (Å²) in [5.74, 6) is 0.975. The topological polar surface area (TPSA) is 109 Å². The van der Waals surface area contributed by atoms with E-state index in [0.29, 0.717) is 37.0 Å². The number of nitrogens with zero attached hydrogens (tertiary/aromatic N) is 4. The average Bonchev–Trinajstić information content (AvgIpc) is 3.39. The van der Waals surface area contributed by atoms with E-state index in [4.69, 9.17) is 4.52 Å². The molecule has 3 aromatic rings. The fourth-order valence-electron chi connectivity index (χ4n) is 4.79. The van der Waals surface area contributed by atoms with Gasteiger partial charge in [-0.15, -0.1) is 0 Å². The first-order chi connectivity index (χ1) is 17.9. The zero-order valence-corrected chi connectivity index (χ0v) is 22.9. The van der Waals surface area contributed by atoms with E-state index in [2.05, 4.69) is 36.3 Å². The van der Waals surface area contributed by atoms with Crippen molar-refractivity contribution in [1.82, 2.24) is 19.3 Å². The van der Waals surface area contributed by atoms with E-state index in [1.807, 2.05) is 24.3 Å². The number of likely N-dealkylation sites (tertiary alicyclic amines) is 1. The number of carbonyl (C=O) groups excluding carboxylic acids is 1. The molecule has 0 saturated carbocycles. The first-order valence-corrected chi connectivity index (χ1v) is 14.8. The van der Waals surface area contributed by atoms with Gasteiger partial charge in [-0.2, -0.15) is 9.29 Å². The molecule has 1 amide bonds. The van der Waals surface area contributed by atoms with Crippen LogP contribution in [-0.2, 0) is 21.4 Å². The molecule has 2 aromatic carbocycles. The van der Waals surface area contributed by atoms with Gasteiger partial charge >= 0.3 is 0 Å². The predicted octanol–water partition coefficient (Wildman–Crippen LogP) is 4.52. The standard InChI is InChI=1S/C26H30BrN5O4S/c27-21-6-4-19(5-7-21)25-29-24(36-30-25)18-31-16-12-20(13-17-31)26(33)28-22-8-10-23(11-9-22)37(34,35)32-14-2-1-3-15-32/h4-11,20H,1-3,12-18H2,(H,28,33). The molecule has 1 N–H and O–H groups in total. The number of nitrogens with one attached hydrogen (secondary N) is 1. The SMILES string of the molecule is O=C(Nc1ccc(S(=O)(=O)N2CCCCC2)cc1)C1CCN(Cc2nc(-c3ccc(Br)cc3)no2)CC1. The maximum Gasteiger partial charge on any atom is 0.243 e. The molecule has 196 valence electrons. The second-order valence-electron chi connectivity index (χ2n) is 9.55. The number of halogens is 1. The van der Waals surface area contributed by atoms with Gasteiger partial charge in [-0.05, 0) is 87.3 Å². The molecular weight excluding hydrogens is 558 g/mol. The molecule has 0 unspecified atom stereocenters. The Morgan fingerprint density at radius 3 is 2.32 bits per heavy atom. The summed E-state index contributed by atoms with van der Waals surface area (Å²) in [6.07, 6.45) is 4.31. The molecule has 0 aliphatic carbocycles. The van der Waals surface area contributed by atoms with Crippen molar-refractivity contribution in [3.8, 4) is 11.4 Å². The van der Waals surface area contributed by atoms with Gasteiger partial charge in [0.1, 0.15) is 0 Å². The molecule has 2 aliphatic rings. The number of anilines is 1. The Morgan fingerprint density at radius 1 is 0.973 bits per heavy atom. The maximum absolute atomic E-state index is 12.8. The van der Waals surface area contributed by atoms with Crippen LogP contribution in [0.3, 0.4) is 0 Å². The molecule has 2 fully saturated rings. The zero-order chi connectivity index (χ0) is 25.8. The number of rotatable bonds is 7. The van der Waals surface area contributed by atoms with E-state index in [9.17, 15) is 13.2 Å². The number of aromatic nitrogens is 2. The lowest BCUT2D eigenvalue weighted by Gasteiger charge is -2.30. The molecule has 0 spiro atoms. The lowest BCUT2D eigenvalue weighted by Crippen LogP contribution is -2.37. The van der Waals surface area contributed by atoms with Crippen LogP contribution in [0.15, 0.2) is 62.4 Å². The number of benzene rings is 2. The van der Waals surface area contributed by atoms with Crippen LogP contribution < -0.4 is 5.32 Å². The van der Waals surface area contributed by atoms with Crippen molar-refractivity contribution >= 4 is 37.5 Å². The molecule has 9 nitrogen and oxygen atoms in total. The molecule has 2 aliphatic heterocycles. The highest BCUT2D eigenvalue weighted by Gasteiger charge is 2.28. The lowest BCUT2D eigenvalue weighted by atomic mass is 9.96. The molecule has 1 aromatic heterocycles. The van der Waals surface area contributed by atoms with Crippen LogP contribution in [0.1, 0.15) is 38.0 Å². The van der Waals surface area contributed by atoms with Gasteiger partial charge in [0.05, 0.1) is 11.4 Å². The van der Waals surface area contributed by atoms with Gasteiger partial charge in [0.15, 0.2) is 0 Å². The molecule has 11 heteroatoms. The molecular formula is C26H30BrN5O4S. The molecule has 5 rings (SSSR count). The van der Waals surface area contributed by atoms with E-state index >= 15 is 0 Å². The van der Waals surface area contributed by atoms with Gasteiger partial charge in [-0.25, -0.2) is 8.42 Å². The van der Waals surface area contributed by atoms with Gasteiger partial charge < -0.3 is 9.84 Å². The fourth-order valence-corrected chi connectivity index (χ4v) is 6.57. The van der Waals surface area contributed by atoms with E-state index in [1.54, 1.807) is 28.6 Å². The Hall–Kier alpha value is -2.60. The minimum atomic E-state index is -3.48. The van der Waals surface area contributed by atoms with Crippen molar-refractivity contribution in [1.29, 1.82) is 0 Å². The summed E-state index contributed by atoms with van der Waals surface area (Å²) >= 11 is 3.42. The number of carbonyl (C=O) groups is 1. The third-order valence-corrected chi connectivity index (χ3v) is 9.40. The van der Waals surface area contributed by atoms with Gasteiger partial charge in [0.2, 0.25) is 27.6 Å². The second-order valence-corrected chi connectivity index (χ2v) is 12.4. The quantitative estimate of drug-likeness (QED) is 0.432. The first kappa shape index (κ1) is 26.0. The van der Waals surface area contributed by atoms with Gasteiger partial charge in [0.25, 0.3) is 0 Å². The van der Waals surface area contributed by atoms with Crippen molar-refractivity contribution in [3.63, 3.8) is 0 Å². The zero-order valence-electron chi connectivity index (χ0n) is 20.5. The third-order valence-electron chi connectivity index (χ3n) is 6.96. The van der Waals surface area contributed by atoms with E-state index in [-0.39, 0.29) is 16.7 Å². The van der Waals surface area contributed by atoms with Crippen LogP contribution in [0.5, 0.6) is 0 Å². The molecule has 3 heterocycles. The first-order valence-electron chi connectivity index (χ1n) is 12.6. The highest BCUT2D eigenvalue weighted by molar-refractivity contribution is 9.10. The van der Waals surface area contributed by atoms with Crippen LogP contribution >= 0.6 is 15.9 Å². The second kappa shape index (κ2) is 11.4. The Kier molecular flexibility index (Phi) is 8.04. The number of hydrogen-bond acceptors (Lipinski definition) is 7. The van der Waals surface area contributed by atoms with E-state index in [1.165, 1.54) is 0 Å². The Balaban J connectivity index is 1.11. The summed E-state index contributed by atoms with van der Waals surface area (Å²) in [7, 11) is -3.48. The fraction of sp³-hybridized carbons (Fsp3) is 0.423. The van der Waals surface area contributed by atoms with E-state index in [0.717, 1.165) is 55.2 Å². The van der Waals surface area contributed by atoms with Crippen molar-refractivity contribution in [3.05, 3.63) is 58.9 Å². The van der Waals surface area contributed by atoms with Crippen molar-refractivity contribution in [2.45, 2.75) is 43.5 Å². The average molecular weight is 589 g/mol. The van der Waals surface area contributed by atoms with Gasteiger partial charge in [-0.3, -0.25) is 9.69 Å². The van der Waals surface area contributed by atoms with Crippen LogP contribution in [-0.4, -0.2) is 59.8 Å². The normalized spacial score (nSPS) is 18.1. The Labute approximate surface area is 225 Å². The van der Waals surface area contributed by atoms with E-state index < -0.39 is 10.0 Å². The number of piperidine rings is 2. The smallest absolute Gasteiger partial charge is 0.243 e. The van der Waals surface area contributed by atoms with Gasteiger partial charge in [-0.1, -0.05) is 27.5 Å². The van der Waals surface area contributed by atoms with Gasteiger partial charge in [0, 0.05) is 34.7 Å². The van der Waals surface area contributed by atoms with Crippen molar-refractivity contribution in [2.24, 2.45) is 5.92 Å².